The predicted octanol–water partition coefficient (Wildman–Crippen LogP) is 4.21. The maximum atomic E-state index is 12.8. The molecule has 7 heteroatoms. The molecule has 2 aromatic carbocycles. The van der Waals surface area contributed by atoms with E-state index in [1.54, 1.807) is 17.8 Å². The van der Waals surface area contributed by atoms with Gasteiger partial charge >= 0.3 is 0 Å². The van der Waals surface area contributed by atoms with Gasteiger partial charge < -0.3 is 5.32 Å². The van der Waals surface area contributed by atoms with Gasteiger partial charge in [0.05, 0.1) is 11.9 Å². The molecule has 0 aliphatic heterocycles. The first kappa shape index (κ1) is 24.3. The van der Waals surface area contributed by atoms with Crippen LogP contribution in [-0.4, -0.2) is 38.9 Å². The Morgan fingerprint density at radius 1 is 1.07 bits per heavy atom. The number of carbonyl (C=O) groups is 1. The van der Waals surface area contributed by atoms with Crippen LogP contribution in [0.1, 0.15) is 35.6 Å². The van der Waals surface area contributed by atoms with Crippen molar-refractivity contribution in [3.8, 4) is 0 Å². The summed E-state index contributed by atoms with van der Waals surface area (Å²) in [4.78, 5) is 12.8. The summed E-state index contributed by atoms with van der Waals surface area (Å²) >= 11 is 1.74. The van der Waals surface area contributed by atoms with Gasteiger partial charge in [0, 0.05) is 18.1 Å². The average molecular weight is 449 g/mol. The van der Waals surface area contributed by atoms with Crippen LogP contribution >= 0.6 is 11.8 Å². The SMILES string of the molecule is CC[C@@H](C(=O)NCCSCc1ccc(C)cc1)N(c1ccc(C)c(C)c1)S(C)(=O)=O. The molecule has 5 nitrogen and oxygen atoms in total. The van der Waals surface area contributed by atoms with Crippen molar-refractivity contribution >= 4 is 33.4 Å². The highest BCUT2D eigenvalue weighted by Gasteiger charge is 2.31. The zero-order valence-electron chi connectivity index (χ0n) is 18.4. The zero-order chi connectivity index (χ0) is 22.3. The van der Waals surface area contributed by atoms with Crippen LogP contribution in [0.5, 0.6) is 0 Å². The Bertz CT molecular complexity index is 957. The molecule has 0 aromatic heterocycles. The molecule has 0 aliphatic carbocycles. The zero-order valence-corrected chi connectivity index (χ0v) is 20.1. The highest BCUT2D eigenvalue weighted by Crippen LogP contribution is 2.25. The highest BCUT2D eigenvalue weighted by molar-refractivity contribution is 7.98. The van der Waals surface area contributed by atoms with Crippen LogP contribution in [0.3, 0.4) is 0 Å². The van der Waals surface area contributed by atoms with Crippen molar-refractivity contribution in [3.63, 3.8) is 0 Å². The molecule has 0 radical (unpaired) electrons. The minimum absolute atomic E-state index is 0.267. The lowest BCUT2D eigenvalue weighted by Gasteiger charge is -2.30. The van der Waals surface area contributed by atoms with Crippen LogP contribution in [-0.2, 0) is 20.6 Å². The number of hydrogen-bond acceptors (Lipinski definition) is 4. The first-order chi connectivity index (χ1) is 14.1. The van der Waals surface area contributed by atoms with Crippen molar-refractivity contribution < 1.29 is 13.2 Å². The van der Waals surface area contributed by atoms with Crippen LogP contribution in [0, 0.1) is 20.8 Å². The standard InChI is InChI=1S/C23H32N2O3S2/c1-6-22(25(30(5,27)28)21-12-9-18(3)19(4)15-21)23(26)24-13-14-29-16-20-10-7-17(2)8-11-20/h7-12,15,22H,6,13-14,16H2,1-5H3,(H,24,26)/t22-/m0/s1. The Hall–Kier alpha value is -1.99. The summed E-state index contributed by atoms with van der Waals surface area (Å²) in [6, 6.07) is 13.1. The molecule has 1 N–H and O–H groups in total. The Balaban J connectivity index is 1.99. The van der Waals surface area contributed by atoms with Gasteiger partial charge in [-0.3, -0.25) is 9.10 Å². The van der Waals surface area contributed by atoms with E-state index in [-0.39, 0.29) is 5.91 Å². The van der Waals surface area contributed by atoms with E-state index in [9.17, 15) is 13.2 Å². The lowest BCUT2D eigenvalue weighted by atomic mass is 10.1. The molecule has 30 heavy (non-hydrogen) atoms. The van der Waals surface area contributed by atoms with Crippen LogP contribution in [0.25, 0.3) is 0 Å². The average Bonchev–Trinajstić information content (AvgIpc) is 2.68. The minimum atomic E-state index is -3.61. The van der Waals surface area contributed by atoms with Crippen molar-refractivity contribution in [1.29, 1.82) is 0 Å². The molecule has 0 bridgehead atoms. The number of thioether (sulfide) groups is 1. The van der Waals surface area contributed by atoms with Crippen molar-refractivity contribution in [1.82, 2.24) is 5.32 Å². The summed E-state index contributed by atoms with van der Waals surface area (Å²) in [6.45, 7) is 8.30. The first-order valence-corrected chi connectivity index (χ1v) is 13.1. The van der Waals surface area contributed by atoms with Gasteiger partial charge in [-0.1, -0.05) is 42.8 Å². The molecule has 0 heterocycles. The second-order valence-electron chi connectivity index (χ2n) is 7.58. The van der Waals surface area contributed by atoms with E-state index in [0.717, 1.165) is 28.9 Å². The summed E-state index contributed by atoms with van der Waals surface area (Å²) in [5.41, 5.74) is 5.08. The number of benzene rings is 2. The van der Waals surface area contributed by atoms with Crippen LogP contribution in [0.15, 0.2) is 42.5 Å². The van der Waals surface area contributed by atoms with E-state index >= 15 is 0 Å². The van der Waals surface area contributed by atoms with Crippen LogP contribution < -0.4 is 9.62 Å². The van der Waals surface area contributed by atoms with Gasteiger partial charge in [0.2, 0.25) is 15.9 Å². The number of nitrogens with zero attached hydrogens (tertiary/aromatic N) is 1. The van der Waals surface area contributed by atoms with Crippen molar-refractivity contribution in [2.45, 2.75) is 45.9 Å². The molecule has 2 rings (SSSR count). The van der Waals surface area contributed by atoms with Crippen LogP contribution in [0.4, 0.5) is 5.69 Å². The van der Waals surface area contributed by atoms with Gasteiger partial charge in [-0.05, 0) is 56.0 Å². The maximum absolute atomic E-state index is 12.8. The summed E-state index contributed by atoms with van der Waals surface area (Å²) in [5, 5.41) is 2.91. The van der Waals surface area contributed by atoms with E-state index < -0.39 is 16.1 Å². The molecule has 1 amide bonds. The molecule has 0 aliphatic rings. The monoisotopic (exact) mass is 448 g/mol. The van der Waals surface area contributed by atoms with E-state index in [2.05, 4.69) is 36.5 Å². The van der Waals surface area contributed by atoms with Crippen molar-refractivity contribution in [2.75, 3.05) is 22.9 Å². The van der Waals surface area contributed by atoms with Gasteiger partial charge in [-0.15, -0.1) is 0 Å². The van der Waals surface area contributed by atoms with Gasteiger partial charge in [-0.25, -0.2) is 8.42 Å². The number of carbonyl (C=O) groups excluding carboxylic acids is 1. The molecule has 0 saturated carbocycles. The van der Waals surface area contributed by atoms with Crippen molar-refractivity contribution in [3.05, 3.63) is 64.7 Å². The second kappa shape index (κ2) is 10.9. The number of aryl methyl sites for hydroxylation is 3. The molecule has 0 spiro atoms. The van der Waals surface area contributed by atoms with Crippen molar-refractivity contribution in [2.24, 2.45) is 0 Å². The van der Waals surface area contributed by atoms with E-state index in [4.69, 9.17) is 0 Å². The molecule has 1 atom stereocenters. The number of sulfonamides is 1. The highest BCUT2D eigenvalue weighted by atomic mass is 32.2. The van der Waals surface area contributed by atoms with E-state index in [1.165, 1.54) is 15.4 Å². The third-order valence-electron chi connectivity index (χ3n) is 5.01. The summed E-state index contributed by atoms with van der Waals surface area (Å²) in [5.74, 6) is 1.38. The minimum Gasteiger partial charge on any atom is -0.353 e. The van der Waals surface area contributed by atoms with Gasteiger partial charge in [0.15, 0.2) is 0 Å². The van der Waals surface area contributed by atoms with E-state index in [1.807, 2.05) is 32.9 Å². The number of amides is 1. The molecular formula is C23H32N2O3S2. The second-order valence-corrected chi connectivity index (χ2v) is 10.5. The molecule has 0 fully saturated rings. The number of anilines is 1. The Morgan fingerprint density at radius 2 is 1.73 bits per heavy atom. The third-order valence-corrected chi connectivity index (χ3v) is 7.22. The van der Waals surface area contributed by atoms with Gasteiger partial charge in [-0.2, -0.15) is 11.8 Å². The number of rotatable bonds is 10. The predicted molar refractivity (Wildman–Crippen MR) is 128 cm³/mol. The third kappa shape index (κ3) is 6.77. The number of hydrogen-bond donors (Lipinski definition) is 1. The topological polar surface area (TPSA) is 66.5 Å². The largest absolute Gasteiger partial charge is 0.353 e. The molecule has 0 unspecified atom stereocenters. The smallest absolute Gasteiger partial charge is 0.243 e. The fourth-order valence-corrected chi connectivity index (χ4v) is 5.18. The van der Waals surface area contributed by atoms with E-state index in [0.29, 0.717) is 18.7 Å². The summed E-state index contributed by atoms with van der Waals surface area (Å²) < 4.78 is 26.3. The quantitative estimate of drug-likeness (QED) is 0.553. The van der Waals surface area contributed by atoms with Gasteiger partial charge in [0.25, 0.3) is 0 Å². The first-order valence-electron chi connectivity index (χ1n) is 10.1. The Morgan fingerprint density at radius 3 is 2.30 bits per heavy atom. The maximum Gasteiger partial charge on any atom is 0.243 e. The fraction of sp³-hybridized carbons (Fsp3) is 0.435. The molecule has 164 valence electrons. The van der Waals surface area contributed by atoms with Gasteiger partial charge in [0.1, 0.15) is 6.04 Å². The number of nitrogens with one attached hydrogen (secondary N) is 1. The Kier molecular flexibility index (Phi) is 8.79. The molecule has 2 aromatic rings. The molecule has 0 saturated heterocycles. The summed E-state index contributed by atoms with van der Waals surface area (Å²) in [6.07, 6.45) is 1.54. The molecular weight excluding hydrogens is 416 g/mol. The Labute approximate surface area is 185 Å². The normalized spacial score (nSPS) is 12.4. The fourth-order valence-electron chi connectivity index (χ4n) is 3.16. The lowest BCUT2D eigenvalue weighted by molar-refractivity contribution is -0.122. The lowest BCUT2D eigenvalue weighted by Crippen LogP contribution is -2.49. The summed E-state index contributed by atoms with van der Waals surface area (Å²) in [7, 11) is -3.61. The van der Waals surface area contributed by atoms with Crippen LogP contribution in [0.2, 0.25) is 0 Å².